The Kier molecular flexibility index (Phi) is 5.14. The highest BCUT2D eigenvalue weighted by molar-refractivity contribution is 6.31. The number of aromatic hydroxyl groups is 1. The minimum atomic E-state index is -2.87. The van der Waals surface area contributed by atoms with Gasteiger partial charge in [-0.1, -0.05) is 19.1 Å². The van der Waals surface area contributed by atoms with Crippen molar-refractivity contribution in [2.75, 3.05) is 0 Å². The molecule has 9 heteroatoms. The van der Waals surface area contributed by atoms with Gasteiger partial charge in [0.15, 0.2) is 34.7 Å². The number of hydrogen-bond acceptors (Lipinski definition) is 8. The molecule has 0 bridgehead atoms. The Balaban J connectivity index is 1.81. The van der Waals surface area contributed by atoms with Crippen LogP contribution in [0.5, 0.6) is 5.75 Å². The highest BCUT2D eigenvalue weighted by Crippen LogP contribution is 2.53. The summed E-state index contributed by atoms with van der Waals surface area (Å²) >= 11 is 0. The normalized spacial score (nSPS) is 36.1. The van der Waals surface area contributed by atoms with E-state index < -0.39 is 82.3 Å². The van der Waals surface area contributed by atoms with Crippen LogP contribution in [-0.2, 0) is 19.2 Å². The van der Waals surface area contributed by atoms with Crippen LogP contribution in [0.4, 0.5) is 0 Å². The van der Waals surface area contributed by atoms with Crippen LogP contribution in [0.15, 0.2) is 18.2 Å². The first-order valence-corrected chi connectivity index (χ1v) is 10.9. The van der Waals surface area contributed by atoms with E-state index in [0.717, 1.165) is 0 Å². The monoisotopic (exact) mass is 457 g/mol. The number of carbonyl (C=O) groups is 5. The first-order valence-electron chi connectivity index (χ1n) is 10.9. The third kappa shape index (κ3) is 3.17. The first-order chi connectivity index (χ1) is 15.2. The fraction of sp³-hybridized carbons (Fsp3) is 0.542. The molecule has 0 heterocycles. The minimum Gasteiger partial charge on any atom is -0.507 e. The molecule has 4 N–H and O–H groups in total. The van der Waals surface area contributed by atoms with E-state index in [1.165, 1.54) is 12.1 Å². The maximum Gasteiger partial charge on any atom is 0.238 e. The van der Waals surface area contributed by atoms with Gasteiger partial charge in [0.2, 0.25) is 5.91 Å². The highest BCUT2D eigenvalue weighted by atomic mass is 16.3. The van der Waals surface area contributed by atoms with Crippen LogP contribution in [0.2, 0.25) is 0 Å². The van der Waals surface area contributed by atoms with E-state index in [1.807, 2.05) is 0 Å². The van der Waals surface area contributed by atoms with Gasteiger partial charge in [-0.3, -0.25) is 24.0 Å². The number of nitrogens with one attached hydrogen (secondary N) is 1. The summed E-state index contributed by atoms with van der Waals surface area (Å²) in [5.41, 5.74) is -3.30. The van der Waals surface area contributed by atoms with Crippen LogP contribution in [0.3, 0.4) is 0 Å². The molecule has 1 aromatic carbocycles. The van der Waals surface area contributed by atoms with Gasteiger partial charge in [0.1, 0.15) is 5.75 Å². The average Bonchev–Trinajstić information content (AvgIpc) is 2.69. The quantitative estimate of drug-likeness (QED) is 0.438. The van der Waals surface area contributed by atoms with Crippen molar-refractivity contribution in [1.29, 1.82) is 0 Å². The molecule has 9 nitrogen and oxygen atoms in total. The van der Waals surface area contributed by atoms with E-state index in [2.05, 4.69) is 5.32 Å². The Bertz CT molecular complexity index is 1100. The predicted octanol–water partition coefficient (Wildman–Crippen LogP) is 0.288. The van der Waals surface area contributed by atoms with Crippen LogP contribution in [-0.4, -0.2) is 61.6 Å². The maximum absolute atomic E-state index is 13.6. The van der Waals surface area contributed by atoms with Gasteiger partial charge < -0.3 is 20.6 Å². The predicted molar refractivity (Wildman–Crippen MR) is 113 cm³/mol. The van der Waals surface area contributed by atoms with E-state index in [0.29, 0.717) is 5.56 Å². The second-order valence-electron chi connectivity index (χ2n) is 10.4. The number of aliphatic hydroxyl groups is 2. The molecule has 0 saturated heterocycles. The second kappa shape index (κ2) is 7.30. The molecule has 0 spiro atoms. The number of rotatable bonds is 1. The zero-order valence-electron chi connectivity index (χ0n) is 18.8. The molecule has 0 aromatic heterocycles. The Morgan fingerprint density at radius 2 is 1.76 bits per heavy atom. The van der Waals surface area contributed by atoms with Crippen molar-refractivity contribution in [3.8, 4) is 5.75 Å². The average molecular weight is 457 g/mol. The van der Waals surface area contributed by atoms with Gasteiger partial charge in [0.05, 0.1) is 17.6 Å². The summed E-state index contributed by atoms with van der Waals surface area (Å²) < 4.78 is 0. The number of fused-ring (bicyclic) bond motifs is 3. The summed E-state index contributed by atoms with van der Waals surface area (Å²) in [4.78, 5) is 65.7. The van der Waals surface area contributed by atoms with Crippen LogP contribution in [0.25, 0.3) is 0 Å². The van der Waals surface area contributed by atoms with E-state index in [-0.39, 0.29) is 11.3 Å². The lowest BCUT2D eigenvalue weighted by atomic mass is 9.50. The molecule has 7 atom stereocenters. The Hall–Kier alpha value is -2.91. The van der Waals surface area contributed by atoms with Crippen molar-refractivity contribution in [1.82, 2.24) is 5.32 Å². The summed E-state index contributed by atoms with van der Waals surface area (Å²) in [6.45, 7) is 6.61. The zero-order chi connectivity index (χ0) is 24.6. The van der Waals surface area contributed by atoms with Crippen LogP contribution in [0.1, 0.15) is 56.0 Å². The number of benzene rings is 1. The smallest absolute Gasteiger partial charge is 0.238 e. The van der Waals surface area contributed by atoms with Crippen molar-refractivity contribution in [2.45, 2.75) is 57.3 Å². The van der Waals surface area contributed by atoms with Gasteiger partial charge >= 0.3 is 0 Å². The summed E-state index contributed by atoms with van der Waals surface area (Å²) in [5, 5.41) is 35.4. The lowest BCUT2D eigenvalue weighted by molar-refractivity contribution is -0.189. The molecule has 2 unspecified atom stereocenters. The van der Waals surface area contributed by atoms with Crippen molar-refractivity contribution in [3.63, 3.8) is 0 Å². The fourth-order valence-electron chi connectivity index (χ4n) is 5.73. The van der Waals surface area contributed by atoms with Gasteiger partial charge in [-0.15, -0.1) is 0 Å². The molecule has 0 radical (unpaired) electrons. The molecule has 176 valence electrons. The highest BCUT2D eigenvalue weighted by Gasteiger charge is 2.70. The van der Waals surface area contributed by atoms with Crippen molar-refractivity contribution in [3.05, 3.63) is 29.3 Å². The van der Waals surface area contributed by atoms with E-state index in [4.69, 9.17) is 0 Å². The molecule has 2 saturated carbocycles. The molecule has 3 aliphatic rings. The van der Waals surface area contributed by atoms with Crippen LogP contribution < -0.4 is 5.32 Å². The van der Waals surface area contributed by atoms with Gasteiger partial charge in [0.25, 0.3) is 0 Å². The van der Waals surface area contributed by atoms with Crippen LogP contribution >= 0.6 is 0 Å². The number of phenols is 1. The largest absolute Gasteiger partial charge is 0.507 e. The molecular formula is C24H27NO8. The SMILES string of the molecule is C[C@H]1c2cccc(O)c2C(=O)C2C(=O)[C@]3(O)C(=O)C(C(=O)NC(C)(C)C)C(=O)C[C@@H]3[C@@H](O)[C@@H]21. The summed E-state index contributed by atoms with van der Waals surface area (Å²) in [7, 11) is 0. The minimum absolute atomic E-state index is 0.0878. The number of phenolic OH excluding ortho intramolecular Hbond substituents is 1. The van der Waals surface area contributed by atoms with Gasteiger partial charge in [-0.2, -0.15) is 0 Å². The Morgan fingerprint density at radius 1 is 1.12 bits per heavy atom. The van der Waals surface area contributed by atoms with Crippen molar-refractivity contribution < 1.29 is 39.3 Å². The van der Waals surface area contributed by atoms with Crippen molar-refractivity contribution in [2.24, 2.45) is 23.7 Å². The molecule has 3 aliphatic carbocycles. The molecular weight excluding hydrogens is 430 g/mol. The summed E-state index contributed by atoms with van der Waals surface area (Å²) in [5.74, 6) is -11.9. The standard InChI is InChI=1S/C24H27NO8/c1-9-10-6-5-7-12(26)15(10)19(29)17-14(9)18(28)11-8-13(27)16(22(32)25-23(2,3)4)20(30)24(11,33)21(17)31/h5-7,9,11,14,16-18,26,28,33H,8H2,1-4H3,(H,25,32)/t9-,11+,14+,16?,17?,18+,24+/m0/s1. The topological polar surface area (TPSA) is 158 Å². The lowest BCUT2D eigenvalue weighted by Crippen LogP contribution is -2.72. The second-order valence-corrected chi connectivity index (χ2v) is 10.4. The molecule has 0 aliphatic heterocycles. The van der Waals surface area contributed by atoms with Crippen molar-refractivity contribution >= 4 is 29.0 Å². The number of amides is 1. The van der Waals surface area contributed by atoms with E-state index >= 15 is 0 Å². The molecule has 2 fully saturated rings. The van der Waals surface area contributed by atoms with Gasteiger partial charge in [0, 0.05) is 23.8 Å². The van der Waals surface area contributed by atoms with Gasteiger partial charge in [-0.25, -0.2) is 0 Å². The van der Waals surface area contributed by atoms with Gasteiger partial charge in [-0.05, 0) is 38.3 Å². The number of Topliss-reactive ketones (excluding diaryl/α,β-unsaturated/α-hetero) is 4. The summed E-state index contributed by atoms with van der Waals surface area (Å²) in [6, 6.07) is 4.44. The van der Waals surface area contributed by atoms with E-state index in [1.54, 1.807) is 33.8 Å². The summed E-state index contributed by atoms with van der Waals surface area (Å²) in [6.07, 6.45) is -2.10. The Labute approximate surface area is 190 Å². The fourth-order valence-corrected chi connectivity index (χ4v) is 5.73. The lowest BCUT2D eigenvalue weighted by Gasteiger charge is -2.53. The third-order valence-electron chi connectivity index (χ3n) is 7.20. The zero-order valence-corrected chi connectivity index (χ0v) is 18.8. The first kappa shape index (κ1) is 23.3. The molecule has 4 rings (SSSR count). The number of hydrogen-bond donors (Lipinski definition) is 4. The maximum atomic E-state index is 13.6. The number of aliphatic hydroxyl groups excluding tert-OH is 1. The molecule has 1 aromatic rings. The Morgan fingerprint density at radius 3 is 2.36 bits per heavy atom. The number of ketones is 4. The molecule has 33 heavy (non-hydrogen) atoms. The number of carbonyl (C=O) groups excluding carboxylic acids is 5. The molecule has 1 amide bonds. The van der Waals surface area contributed by atoms with Crippen LogP contribution in [0, 0.1) is 23.7 Å². The van der Waals surface area contributed by atoms with E-state index in [9.17, 15) is 39.3 Å². The third-order valence-corrected chi connectivity index (χ3v) is 7.20.